The van der Waals surface area contributed by atoms with Crippen LogP contribution in [-0.2, 0) is 11.2 Å². The summed E-state index contributed by atoms with van der Waals surface area (Å²) in [5.74, 6) is 1.14. The predicted molar refractivity (Wildman–Crippen MR) is 59.3 cm³/mol. The summed E-state index contributed by atoms with van der Waals surface area (Å²) >= 11 is 0. The van der Waals surface area contributed by atoms with Crippen molar-refractivity contribution >= 4 is 5.78 Å². The van der Waals surface area contributed by atoms with E-state index >= 15 is 0 Å². The molecular weight excluding hydrogens is 204 g/mol. The van der Waals surface area contributed by atoms with Crippen LogP contribution in [0.25, 0.3) is 0 Å². The number of hydrogen-bond donors (Lipinski definition) is 0. The average Bonchev–Trinajstić information content (AvgIpc) is 3.10. The van der Waals surface area contributed by atoms with Gasteiger partial charge in [0.05, 0.1) is 12.3 Å². The van der Waals surface area contributed by atoms with Crippen LogP contribution in [-0.4, -0.2) is 22.4 Å². The lowest BCUT2D eigenvalue weighted by molar-refractivity contribution is -0.119. The molecule has 1 aliphatic rings. The SMILES string of the molecule is CCCOc1cc(CC(=O)C2CC2)ncn1. The first-order valence-electron chi connectivity index (χ1n) is 5.76. The maximum atomic E-state index is 11.6. The van der Waals surface area contributed by atoms with Gasteiger partial charge in [-0.05, 0) is 19.3 Å². The molecule has 86 valence electrons. The second kappa shape index (κ2) is 5.05. The number of hydrogen-bond acceptors (Lipinski definition) is 4. The summed E-state index contributed by atoms with van der Waals surface area (Å²) in [5.41, 5.74) is 0.762. The summed E-state index contributed by atoms with van der Waals surface area (Å²) in [4.78, 5) is 19.7. The Morgan fingerprint density at radius 3 is 3.00 bits per heavy atom. The second-order valence-electron chi connectivity index (χ2n) is 4.11. The van der Waals surface area contributed by atoms with E-state index in [-0.39, 0.29) is 5.92 Å². The fourth-order valence-corrected chi connectivity index (χ4v) is 1.49. The van der Waals surface area contributed by atoms with Crippen molar-refractivity contribution in [3.05, 3.63) is 18.1 Å². The topological polar surface area (TPSA) is 52.1 Å². The molecule has 0 aliphatic heterocycles. The summed E-state index contributed by atoms with van der Waals surface area (Å²) < 4.78 is 5.39. The zero-order valence-corrected chi connectivity index (χ0v) is 9.48. The molecule has 0 unspecified atom stereocenters. The van der Waals surface area contributed by atoms with Crippen molar-refractivity contribution in [3.8, 4) is 5.88 Å². The maximum Gasteiger partial charge on any atom is 0.216 e. The second-order valence-corrected chi connectivity index (χ2v) is 4.11. The molecule has 4 nitrogen and oxygen atoms in total. The van der Waals surface area contributed by atoms with Gasteiger partial charge < -0.3 is 4.74 Å². The lowest BCUT2D eigenvalue weighted by Crippen LogP contribution is -2.07. The van der Waals surface area contributed by atoms with Crippen LogP contribution in [0.1, 0.15) is 31.9 Å². The maximum absolute atomic E-state index is 11.6. The molecule has 0 bridgehead atoms. The molecule has 0 N–H and O–H groups in total. The number of rotatable bonds is 6. The Labute approximate surface area is 95.1 Å². The van der Waals surface area contributed by atoms with Crippen molar-refractivity contribution in [2.24, 2.45) is 5.92 Å². The molecule has 1 saturated carbocycles. The molecule has 16 heavy (non-hydrogen) atoms. The van der Waals surface area contributed by atoms with Crippen LogP contribution in [0.5, 0.6) is 5.88 Å². The van der Waals surface area contributed by atoms with Gasteiger partial charge in [-0.25, -0.2) is 9.97 Å². The van der Waals surface area contributed by atoms with Crippen LogP contribution >= 0.6 is 0 Å². The number of Topliss-reactive ketones (excluding diaryl/α,β-unsaturated/α-hetero) is 1. The van der Waals surface area contributed by atoms with Crippen molar-refractivity contribution in [1.82, 2.24) is 9.97 Å². The van der Waals surface area contributed by atoms with E-state index in [9.17, 15) is 4.79 Å². The normalized spacial score (nSPS) is 14.8. The highest BCUT2D eigenvalue weighted by Gasteiger charge is 2.29. The van der Waals surface area contributed by atoms with Crippen LogP contribution in [0.2, 0.25) is 0 Å². The minimum absolute atomic E-state index is 0.287. The third kappa shape index (κ3) is 3.02. The molecule has 1 aromatic rings. The summed E-state index contributed by atoms with van der Waals surface area (Å²) in [6, 6.07) is 1.76. The van der Waals surface area contributed by atoms with E-state index in [1.54, 1.807) is 6.07 Å². The van der Waals surface area contributed by atoms with Crippen molar-refractivity contribution in [3.63, 3.8) is 0 Å². The largest absolute Gasteiger partial charge is 0.478 e. The third-order valence-electron chi connectivity index (χ3n) is 2.54. The lowest BCUT2D eigenvalue weighted by Gasteiger charge is -2.04. The highest BCUT2D eigenvalue weighted by atomic mass is 16.5. The van der Waals surface area contributed by atoms with Crippen molar-refractivity contribution < 1.29 is 9.53 Å². The molecule has 0 aromatic carbocycles. The van der Waals surface area contributed by atoms with Crippen LogP contribution in [0, 0.1) is 5.92 Å². The first-order valence-corrected chi connectivity index (χ1v) is 5.76. The van der Waals surface area contributed by atoms with Crippen molar-refractivity contribution in [1.29, 1.82) is 0 Å². The standard InChI is InChI=1S/C12H16N2O2/c1-2-5-16-12-7-10(13-8-14-12)6-11(15)9-3-4-9/h7-9H,2-6H2,1H3. The molecule has 0 radical (unpaired) electrons. The van der Waals surface area contributed by atoms with E-state index in [1.165, 1.54) is 6.33 Å². The summed E-state index contributed by atoms with van der Waals surface area (Å²) in [7, 11) is 0. The number of aromatic nitrogens is 2. The first kappa shape index (κ1) is 11.0. The van der Waals surface area contributed by atoms with Gasteiger partial charge in [0.15, 0.2) is 0 Å². The molecular formula is C12H16N2O2. The molecule has 4 heteroatoms. The molecule has 1 aliphatic carbocycles. The Kier molecular flexibility index (Phi) is 3.49. The number of nitrogens with zero attached hydrogens (tertiary/aromatic N) is 2. The minimum atomic E-state index is 0.287. The lowest BCUT2D eigenvalue weighted by atomic mass is 10.1. The first-order chi connectivity index (χ1) is 7.79. The fraction of sp³-hybridized carbons (Fsp3) is 0.583. The number of ether oxygens (including phenoxy) is 1. The summed E-state index contributed by atoms with van der Waals surface area (Å²) in [6.07, 6.45) is 4.91. The van der Waals surface area contributed by atoms with Crippen LogP contribution in [0.15, 0.2) is 12.4 Å². The Morgan fingerprint density at radius 1 is 1.50 bits per heavy atom. The quantitative estimate of drug-likeness (QED) is 0.733. The molecule has 0 atom stereocenters. The van der Waals surface area contributed by atoms with E-state index in [0.717, 1.165) is 25.0 Å². The van der Waals surface area contributed by atoms with Gasteiger partial charge in [-0.1, -0.05) is 6.92 Å². The molecule has 1 fully saturated rings. The van der Waals surface area contributed by atoms with Crippen LogP contribution < -0.4 is 4.74 Å². The van der Waals surface area contributed by atoms with Crippen molar-refractivity contribution in [2.45, 2.75) is 32.6 Å². The highest BCUT2D eigenvalue weighted by molar-refractivity contribution is 5.84. The zero-order valence-electron chi connectivity index (χ0n) is 9.48. The Morgan fingerprint density at radius 2 is 2.31 bits per heavy atom. The van der Waals surface area contributed by atoms with Gasteiger partial charge in [0, 0.05) is 18.4 Å². The van der Waals surface area contributed by atoms with E-state index < -0.39 is 0 Å². The third-order valence-corrected chi connectivity index (χ3v) is 2.54. The Bertz CT molecular complexity index is 375. The number of ketones is 1. The van der Waals surface area contributed by atoms with Gasteiger partial charge in [-0.2, -0.15) is 0 Å². The molecule has 0 amide bonds. The van der Waals surface area contributed by atoms with E-state index in [1.807, 2.05) is 6.92 Å². The number of carbonyl (C=O) groups is 1. The summed E-state index contributed by atoms with van der Waals surface area (Å²) in [6.45, 7) is 2.69. The van der Waals surface area contributed by atoms with Gasteiger partial charge in [-0.3, -0.25) is 4.79 Å². The van der Waals surface area contributed by atoms with Gasteiger partial charge in [0.2, 0.25) is 5.88 Å². The highest BCUT2D eigenvalue weighted by Crippen LogP contribution is 2.30. The number of carbonyl (C=O) groups excluding carboxylic acids is 1. The smallest absolute Gasteiger partial charge is 0.216 e. The van der Waals surface area contributed by atoms with Gasteiger partial charge >= 0.3 is 0 Å². The zero-order chi connectivity index (χ0) is 11.4. The van der Waals surface area contributed by atoms with E-state index in [4.69, 9.17) is 4.74 Å². The predicted octanol–water partition coefficient (Wildman–Crippen LogP) is 1.79. The van der Waals surface area contributed by atoms with Crippen molar-refractivity contribution in [2.75, 3.05) is 6.61 Å². The Balaban J connectivity index is 1.95. The van der Waals surface area contributed by atoms with E-state index in [2.05, 4.69) is 9.97 Å². The van der Waals surface area contributed by atoms with Crippen LogP contribution in [0.3, 0.4) is 0 Å². The molecule has 1 aromatic heterocycles. The fourth-order valence-electron chi connectivity index (χ4n) is 1.49. The van der Waals surface area contributed by atoms with Gasteiger partial charge in [0.1, 0.15) is 12.1 Å². The monoisotopic (exact) mass is 220 g/mol. The van der Waals surface area contributed by atoms with Gasteiger partial charge in [-0.15, -0.1) is 0 Å². The van der Waals surface area contributed by atoms with E-state index in [0.29, 0.717) is 24.7 Å². The summed E-state index contributed by atoms with van der Waals surface area (Å²) in [5, 5.41) is 0. The molecule has 0 saturated heterocycles. The molecule has 2 rings (SSSR count). The molecule has 1 heterocycles. The minimum Gasteiger partial charge on any atom is -0.478 e. The van der Waals surface area contributed by atoms with Crippen LogP contribution in [0.4, 0.5) is 0 Å². The molecule has 0 spiro atoms. The van der Waals surface area contributed by atoms with Gasteiger partial charge in [0.25, 0.3) is 0 Å². The average molecular weight is 220 g/mol. The Hall–Kier alpha value is -1.45.